The molecule has 3 rings (SSSR count). The van der Waals surface area contributed by atoms with Gasteiger partial charge in [-0.25, -0.2) is 0 Å². The van der Waals surface area contributed by atoms with Gasteiger partial charge < -0.3 is 5.32 Å². The molecule has 1 aliphatic rings. The van der Waals surface area contributed by atoms with Crippen LogP contribution in [0.15, 0.2) is 36.4 Å². The van der Waals surface area contributed by atoms with Gasteiger partial charge in [-0.15, -0.1) is 11.3 Å². The molecule has 0 unspecified atom stereocenters. The Kier molecular flexibility index (Phi) is 5.17. The lowest BCUT2D eigenvalue weighted by Gasteiger charge is -2.10. The predicted molar refractivity (Wildman–Crippen MR) is 84.9 cm³/mol. The molecule has 0 fully saturated rings. The lowest BCUT2D eigenvalue weighted by molar-refractivity contribution is 0.536. The fourth-order valence-electron chi connectivity index (χ4n) is 2.53. The van der Waals surface area contributed by atoms with Crippen LogP contribution in [0.3, 0.4) is 0 Å². The third kappa shape index (κ3) is 3.68. The lowest BCUT2D eigenvalue weighted by Crippen LogP contribution is -2.28. The van der Waals surface area contributed by atoms with Crippen LogP contribution in [0.4, 0.5) is 0 Å². The summed E-state index contributed by atoms with van der Waals surface area (Å²) in [4.78, 5) is 2.84. The molecule has 1 nitrogen and oxygen atoms in total. The Bertz CT molecular complexity index is 490. The maximum atomic E-state index is 3.67. The highest BCUT2D eigenvalue weighted by molar-refractivity contribution is 7.11. The topological polar surface area (TPSA) is 12.0 Å². The molecule has 2 heteroatoms. The van der Waals surface area contributed by atoms with Gasteiger partial charge in [0.1, 0.15) is 0 Å². The summed E-state index contributed by atoms with van der Waals surface area (Å²) in [5.74, 6) is 0. The number of fused-ring (bicyclic) bond motifs is 1. The van der Waals surface area contributed by atoms with Gasteiger partial charge in [-0.3, -0.25) is 0 Å². The van der Waals surface area contributed by atoms with Gasteiger partial charge in [-0.1, -0.05) is 38.1 Å². The molecular formula is C17H23NS. The average molecular weight is 273 g/mol. The fraction of sp³-hybridized carbons (Fsp3) is 0.412. The van der Waals surface area contributed by atoms with Gasteiger partial charge >= 0.3 is 0 Å². The summed E-state index contributed by atoms with van der Waals surface area (Å²) in [6.07, 6.45) is 2.36. The van der Waals surface area contributed by atoms with Crippen molar-refractivity contribution < 1.29 is 0 Å². The molecule has 0 radical (unpaired) electrons. The maximum Gasteiger partial charge on any atom is 0.0302 e. The molecule has 0 bridgehead atoms. The van der Waals surface area contributed by atoms with Gasteiger partial charge in [-0.2, -0.15) is 0 Å². The standard InChI is InChI=1S/C15H17NS.C2H6/c1-11-6-7-15(17-11)10-16-14-8-12-4-2-3-5-13(12)9-14;1-2/h2-7,14,16H,8-10H2,1H3;1-2H3. The van der Waals surface area contributed by atoms with E-state index in [1.165, 1.54) is 33.7 Å². The van der Waals surface area contributed by atoms with E-state index >= 15 is 0 Å². The van der Waals surface area contributed by atoms with Gasteiger partial charge in [0.2, 0.25) is 0 Å². The van der Waals surface area contributed by atoms with Crippen LogP contribution in [0.25, 0.3) is 0 Å². The Labute approximate surface area is 120 Å². The lowest BCUT2D eigenvalue weighted by atomic mass is 10.1. The summed E-state index contributed by atoms with van der Waals surface area (Å²) in [5, 5.41) is 3.67. The third-order valence-corrected chi connectivity index (χ3v) is 4.41. The third-order valence-electron chi connectivity index (χ3n) is 3.41. The molecule has 1 N–H and O–H groups in total. The van der Waals surface area contributed by atoms with E-state index in [1.807, 2.05) is 25.2 Å². The monoisotopic (exact) mass is 273 g/mol. The van der Waals surface area contributed by atoms with Crippen molar-refractivity contribution in [3.8, 4) is 0 Å². The van der Waals surface area contributed by atoms with Crippen LogP contribution in [-0.4, -0.2) is 6.04 Å². The number of aryl methyl sites for hydroxylation is 1. The van der Waals surface area contributed by atoms with Crippen molar-refractivity contribution >= 4 is 11.3 Å². The number of thiophene rings is 1. The van der Waals surface area contributed by atoms with Crippen LogP contribution in [0.5, 0.6) is 0 Å². The first-order chi connectivity index (χ1) is 9.31. The van der Waals surface area contributed by atoms with Crippen molar-refractivity contribution in [3.63, 3.8) is 0 Å². The summed E-state index contributed by atoms with van der Waals surface area (Å²) in [5.41, 5.74) is 3.04. The molecule has 2 aromatic rings. The quantitative estimate of drug-likeness (QED) is 0.877. The first-order valence-electron chi connectivity index (χ1n) is 7.17. The van der Waals surface area contributed by atoms with Crippen LogP contribution < -0.4 is 5.32 Å². The van der Waals surface area contributed by atoms with Crippen molar-refractivity contribution in [2.24, 2.45) is 0 Å². The van der Waals surface area contributed by atoms with E-state index in [1.54, 1.807) is 0 Å². The van der Waals surface area contributed by atoms with Crippen molar-refractivity contribution in [2.75, 3.05) is 0 Å². The Hall–Kier alpha value is -1.12. The van der Waals surface area contributed by atoms with Crippen molar-refractivity contribution in [1.82, 2.24) is 5.32 Å². The van der Waals surface area contributed by atoms with Crippen molar-refractivity contribution in [3.05, 3.63) is 57.3 Å². The Morgan fingerprint density at radius 3 is 2.21 bits per heavy atom. The van der Waals surface area contributed by atoms with Gasteiger partial charge in [0.25, 0.3) is 0 Å². The highest BCUT2D eigenvalue weighted by atomic mass is 32.1. The Balaban J connectivity index is 0.000000637. The normalized spacial score (nSPS) is 13.8. The molecule has 102 valence electrons. The van der Waals surface area contributed by atoms with Crippen LogP contribution >= 0.6 is 11.3 Å². The molecule has 0 amide bonds. The zero-order chi connectivity index (χ0) is 13.7. The molecule has 1 aliphatic carbocycles. The number of hydrogen-bond acceptors (Lipinski definition) is 2. The SMILES string of the molecule is CC.Cc1ccc(CNC2Cc3ccccc3C2)s1. The Morgan fingerprint density at radius 1 is 1.05 bits per heavy atom. The minimum absolute atomic E-state index is 0.620. The molecule has 0 spiro atoms. The van der Waals surface area contributed by atoms with Crippen LogP contribution in [0, 0.1) is 6.92 Å². The zero-order valence-corrected chi connectivity index (χ0v) is 12.9. The highest BCUT2D eigenvalue weighted by Crippen LogP contribution is 2.22. The largest absolute Gasteiger partial charge is 0.308 e. The average Bonchev–Trinajstić information content (AvgIpc) is 3.04. The summed E-state index contributed by atoms with van der Waals surface area (Å²) in [6.45, 7) is 7.18. The molecule has 0 aliphatic heterocycles. The molecular weight excluding hydrogens is 250 g/mol. The van der Waals surface area contributed by atoms with E-state index in [2.05, 4.69) is 48.6 Å². The molecule has 1 aromatic heterocycles. The molecule has 0 saturated heterocycles. The first kappa shape index (κ1) is 14.3. The number of benzene rings is 1. The maximum absolute atomic E-state index is 3.67. The first-order valence-corrected chi connectivity index (χ1v) is 7.98. The van der Waals surface area contributed by atoms with Crippen molar-refractivity contribution in [2.45, 2.75) is 46.2 Å². The molecule has 0 saturated carbocycles. The summed E-state index contributed by atoms with van der Waals surface area (Å²) >= 11 is 1.89. The van der Waals surface area contributed by atoms with Gasteiger partial charge in [-0.05, 0) is 43.0 Å². The minimum Gasteiger partial charge on any atom is -0.308 e. The van der Waals surface area contributed by atoms with E-state index in [0.29, 0.717) is 6.04 Å². The second-order valence-electron chi connectivity index (χ2n) is 4.77. The molecule has 0 atom stereocenters. The second kappa shape index (κ2) is 6.88. The minimum atomic E-state index is 0.620. The van der Waals surface area contributed by atoms with E-state index in [0.717, 1.165) is 6.54 Å². The molecule has 1 heterocycles. The van der Waals surface area contributed by atoms with Crippen molar-refractivity contribution in [1.29, 1.82) is 0 Å². The van der Waals surface area contributed by atoms with E-state index in [4.69, 9.17) is 0 Å². The summed E-state index contributed by atoms with van der Waals surface area (Å²) in [7, 11) is 0. The van der Waals surface area contributed by atoms with Gasteiger partial charge in [0.15, 0.2) is 0 Å². The van der Waals surface area contributed by atoms with Gasteiger partial charge in [0, 0.05) is 22.3 Å². The molecule has 1 aromatic carbocycles. The number of hydrogen-bond donors (Lipinski definition) is 1. The van der Waals surface area contributed by atoms with E-state index < -0.39 is 0 Å². The molecule has 19 heavy (non-hydrogen) atoms. The zero-order valence-electron chi connectivity index (χ0n) is 12.1. The van der Waals surface area contributed by atoms with E-state index in [-0.39, 0.29) is 0 Å². The number of nitrogens with one attached hydrogen (secondary N) is 1. The predicted octanol–water partition coefficient (Wildman–Crippen LogP) is 4.34. The fourth-order valence-corrected chi connectivity index (χ4v) is 3.37. The number of rotatable bonds is 3. The van der Waals surface area contributed by atoms with Crippen LogP contribution in [0.1, 0.15) is 34.7 Å². The smallest absolute Gasteiger partial charge is 0.0302 e. The van der Waals surface area contributed by atoms with E-state index in [9.17, 15) is 0 Å². The summed E-state index contributed by atoms with van der Waals surface area (Å²) in [6, 6.07) is 13.8. The second-order valence-corrected chi connectivity index (χ2v) is 6.14. The highest BCUT2D eigenvalue weighted by Gasteiger charge is 2.20. The Morgan fingerprint density at radius 2 is 1.68 bits per heavy atom. The van der Waals surface area contributed by atoms with Gasteiger partial charge in [0.05, 0.1) is 0 Å². The van der Waals surface area contributed by atoms with Crippen LogP contribution in [0.2, 0.25) is 0 Å². The van der Waals surface area contributed by atoms with Crippen LogP contribution in [-0.2, 0) is 19.4 Å². The summed E-state index contributed by atoms with van der Waals surface area (Å²) < 4.78 is 0.